The zero-order valence-electron chi connectivity index (χ0n) is 14.1. The zero-order valence-corrected chi connectivity index (χ0v) is 14.8. The smallest absolute Gasteiger partial charge is 0.257 e. The standard InChI is InChI=1S/C19H23ClN2O2/c1-22(11-7-6-10-14-8-4-3-5-9-14)19(23)15-12-16(20)17(21)13-18(15)24-2/h3-5,8-9,12-13H,6-7,10-11,21H2,1-2H3. The van der Waals surface area contributed by atoms with E-state index in [9.17, 15) is 4.79 Å². The van der Waals surface area contributed by atoms with Crippen LogP contribution in [0.25, 0.3) is 0 Å². The van der Waals surface area contributed by atoms with Gasteiger partial charge in [0, 0.05) is 19.7 Å². The molecule has 0 aromatic heterocycles. The number of carbonyl (C=O) groups is 1. The molecule has 0 spiro atoms. The third-order valence-corrected chi connectivity index (χ3v) is 4.28. The van der Waals surface area contributed by atoms with Gasteiger partial charge in [0.2, 0.25) is 0 Å². The molecule has 0 unspecified atom stereocenters. The predicted molar refractivity (Wildman–Crippen MR) is 98.8 cm³/mol. The molecule has 2 rings (SSSR count). The van der Waals surface area contributed by atoms with E-state index in [0.29, 0.717) is 28.6 Å². The number of unbranched alkanes of at least 4 members (excludes halogenated alkanes) is 1. The van der Waals surface area contributed by atoms with Gasteiger partial charge in [-0.05, 0) is 30.9 Å². The van der Waals surface area contributed by atoms with E-state index in [1.807, 2.05) is 18.2 Å². The fourth-order valence-electron chi connectivity index (χ4n) is 2.54. The van der Waals surface area contributed by atoms with E-state index in [1.54, 1.807) is 24.1 Å². The molecule has 2 N–H and O–H groups in total. The van der Waals surface area contributed by atoms with Crippen LogP contribution in [0.1, 0.15) is 28.8 Å². The van der Waals surface area contributed by atoms with Crippen LogP contribution in [0.3, 0.4) is 0 Å². The summed E-state index contributed by atoms with van der Waals surface area (Å²) in [5.41, 5.74) is 7.91. The lowest BCUT2D eigenvalue weighted by Crippen LogP contribution is -2.28. The van der Waals surface area contributed by atoms with Crippen molar-refractivity contribution in [1.29, 1.82) is 0 Å². The van der Waals surface area contributed by atoms with Gasteiger partial charge in [-0.25, -0.2) is 0 Å². The maximum Gasteiger partial charge on any atom is 0.257 e. The Kier molecular flexibility index (Phi) is 6.50. The van der Waals surface area contributed by atoms with Crippen molar-refractivity contribution >= 4 is 23.2 Å². The van der Waals surface area contributed by atoms with Crippen LogP contribution in [0.2, 0.25) is 5.02 Å². The third-order valence-electron chi connectivity index (χ3n) is 3.95. The van der Waals surface area contributed by atoms with Crippen LogP contribution in [-0.4, -0.2) is 31.5 Å². The van der Waals surface area contributed by atoms with Crippen LogP contribution in [0.15, 0.2) is 42.5 Å². The van der Waals surface area contributed by atoms with Crippen LogP contribution >= 0.6 is 11.6 Å². The van der Waals surface area contributed by atoms with E-state index in [0.717, 1.165) is 19.3 Å². The summed E-state index contributed by atoms with van der Waals surface area (Å²) in [6.07, 6.45) is 2.98. The third kappa shape index (κ3) is 4.65. The molecule has 0 aliphatic carbocycles. The summed E-state index contributed by atoms with van der Waals surface area (Å²) in [6.45, 7) is 0.677. The summed E-state index contributed by atoms with van der Waals surface area (Å²) in [7, 11) is 3.30. The van der Waals surface area contributed by atoms with Gasteiger partial charge >= 0.3 is 0 Å². The minimum atomic E-state index is -0.117. The first-order valence-corrected chi connectivity index (χ1v) is 8.33. The molecule has 0 aliphatic rings. The van der Waals surface area contributed by atoms with Gasteiger partial charge in [-0.1, -0.05) is 41.9 Å². The molecule has 0 atom stereocenters. The summed E-state index contributed by atoms with van der Waals surface area (Å²) >= 11 is 6.03. The lowest BCUT2D eigenvalue weighted by molar-refractivity contribution is 0.0789. The molecule has 1 amide bonds. The lowest BCUT2D eigenvalue weighted by Gasteiger charge is -2.19. The zero-order chi connectivity index (χ0) is 17.5. The van der Waals surface area contributed by atoms with Crippen LogP contribution in [-0.2, 0) is 6.42 Å². The number of halogens is 1. The van der Waals surface area contributed by atoms with Gasteiger partial charge in [-0.2, -0.15) is 0 Å². The molecule has 0 saturated heterocycles. The van der Waals surface area contributed by atoms with Gasteiger partial charge < -0.3 is 15.4 Å². The first-order chi connectivity index (χ1) is 11.5. The van der Waals surface area contributed by atoms with Crippen molar-refractivity contribution in [1.82, 2.24) is 4.90 Å². The van der Waals surface area contributed by atoms with Gasteiger partial charge in [0.1, 0.15) is 5.75 Å². The van der Waals surface area contributed by atoms with Crippen LogP contribution in [0.4, 0.5) is 5.69 Å². The number of amides is 1. The maximum absolute atomic E-state index is 12.6. The lowest BCUT2D eigenvalue weighted by atomic mass is 10.1. The second-order valence-corrected chi connectivity index (χ2v) is 6.15. The Morgan fingerprint density at radius 2 is 1.92 bits per heavy atom. The molecule has 0 radical (unpaired) electrons. The van der Waals surface area contributed by atoms with E-state index >= 15 is 0 Å². The number of nitrogens with two attached hydrogens (primary N) is 1. The van der Waals surface area contributed by atoms with E-state index in [4.69, 9.17) is 22.1 Å². The summed E-state index contributed by atoms with van der Waals surface area (Å²) in [6, 6.07) is 13.5. The molecule has 0 saturated carbocycles. The van der Waals surface area contributed by atoms with Crippen LogP contribution in [0.5, 0.6) is 5.75 Å². The normalized spacial score (nSPS) is 10.5. The number of methoxy groups -OCH3 is 1. The number of carbonyl (C=O) groups excluding carboxylic acids is 1. The molecular weight excluding hydrogens is 324 g/mol. The van der Waals surface area contributed by atoms with Crippen molar-refractivity contribution in [3.05, 3.63) is 58.6 Å². The van der Waals surface area contributed by atoms with Crippen LogP contribution in [0, 0.1) is 0 Å². The number of benzene rings is 2. The van der Waals surface area contributed by atoms with E-state index < -0.39 is 0 Å². The SMILES string of the molecule is COc1cc(N)c(Cl)cc1C(=O)N(C)CCCCc1ccccc1. The number of hydrogen-bond acceptors (Lipinski definition) is 3. The fourth-order valence-corrected chi connectivity index (χ4v) is 2.70. The summed E-state index contributed by atoms with van der Waals surface area (Å²) in [5, 5.41) is 0.358. The average molecular weight is 347 g/mol. The molecule has 128 valence electrons. The molecule has 4 nitrogen and oxygen atoms in total. The Morgan fingerprint density at radius 1 is 1.21 bits per heavy atom. The number of hydrogen-bond donors (Lipinski definition) is 1. The number of nitrogens with zero attached hydrogens (tertiary/aromatic N) is 1. The Bertz CT molecular complexity index is 689. The van der Waals surface area contributed by atoms with Gasteiger partial charge in [0.05, 0.1) is 23.4 Å². The highest BCUT2D eigenvalue weighted by molar-refractivity contribution is 6.33. The van der Waals surface area contributed by atoms with Gasteiger partial charge in [0.25, 0.3) is 5.91 Å². The fraction of sp³-hybridized carbons (Fsp3) is 0.316. The van der Waals surface area contributed by atoms with Crippen molar-refractivity contribution in [2.45, 2.75) is 19.3 Å². The van der Waals surface area contributed by atoms with Crippen molar-refractivity contribution in [2.75, 3.05) is 26.4 Å². The molecule has 24 heavy (non-hydrogen) atoms. The number of aryl methyl sites for hydroxylation is 1. The average Bonchev–Trinajstić information content (AvgIpc) is 2.60. The first-order valence-electron chi connectivity index (χ1n) is 7.95. The topological polar surface area (TPSA) is 55.6 Å². The minimum Gasteiger partial charge on any atom is -0.496 e. The van der Waals surface area contributed by atoms with Gasteiger partial charge in [-0.15, -0.1) is 0 Å². The Balaban J connectivity index is 1.91. The largest absolute Gasteiger partial charge is 0.496 e. The molecule has 0 bridgehead atoms. The maximum atomic E-state index is 12.6. The Hall–Kier alpha value is -2.20. The molecule has 0 aliphatic heterocycles. The highest BCUT2D eigenvalue weighted by atomic mass is 35.5. The monoisotopic (exact) mass is 346 g/mol. The van der Waals surface area contributed by atoms with E-state index in [1.165, 1.54) is 12.7 Å². The van der Waals surface area contributed by atoms with E-state index in [2.05, 4.69) is 12.1 Å². The van der Waals surface area contributed by atoms with Gasteiger partial charge in [0.15, 0.2) is 0 Å². The number of ether oxygens (including phenoxy) is 1. The second-order valence-electron chi connectivity index (χ2n) is 5.74. The van der Waals surface area contributed by atoms with Crippen molar-refractivity contribution in [3.63, 3.8) is 0 Å². The summed E-state index contributed by atoms with van der Waals surface area (Å²) in [4.78, 5) is 14.3. The van der Waals surface area contributed by atoms with Crippen molar-refractivity contribution in [2.24, 2.45) is 0 Å². The molecule has 2 aromatic rings. The minimum absolute atomic E-state index is 0.117. The Labute approximate surface area is 148 Å². The highest BCUT2D eigenvalue weighted by Crippen LogP contribution is 2.29. The number of rotatable bonds is 7. The van der Waals surface area contributed by atoms with E-state index in [-0.39, 0.29) is 5.91 Å². The second kappa shape index (κ2) is 8.60. The number of anilines is 1. The molecule has 0 heterocycles. The first kappa shape index (κ1) is 18.1. The summed E-state index contributed by atoms with van der Waals surface area (Å²) in [5.74, 6) is 0.325. The van der Waals surface area contributed by atoms with Crippen LogP contribution < -0.4 is 10.5 Å². The molecule has 0 fully saturated rings. The Morgan fingerprint density at radius 3 is 2.58 bits per heavy atom. The molecular formula is C19H23ClN2O2. The highest BCUT2D eigenvalue weighted by Gasteiger charge is 2.18. The molecule has 2 aromatic carbocycles. The van der Waals surface area contributed by atoms with Crippen molar-refractivity contribution < 1.29 is 9.53 Å². The molecule has 5 heteroatoms. The van der Waals surface area contributed by atoms with Gasteiger partial charge in [-0.3, -0.25) is 4.79 Å². The summed E-state index contributed by atoms with van der Waals surface area (Å²) < 4.78 is 5.25. The predicted octanol–water partition coefficient (Wildman–Crippen LogP) is 4.03. The number of nitrogen functional groups attached to an aromatic ring is 1. The van der Waals surface area contributed by atoms with Crippen molar-refractivity contribution in [3.8, 4) is 5.75 Å². The quantitative estimate of drug-likeness (QED) is 0.608.